The average Bonchev–Trinajstić information content (AvgIpc) is 2.45. The fourth-order valence-electron chi connectivity index (χ4n) is 2.33. The van der Waals surface area contributed by atoms with Crippen LogP contribution in [-0.2, 0) is 0 Å². The van der Waals surface area contributed by atoms with Crippen LogP contribution in [0.15, 0.2) is 48.5 Å². The number of nitrogens with one attached hydrogen (secondary N) is 1. The van der Waals surface area contributed by atoms with E-state index in [1.165, 1.54) is 11.1 Å². The lowest BCUT2D eigenvalue weighted by atomic mass is 10.0. The Kier molecular flexibility index (Phi) is 5.05. The predicted octanol–water partition coefficient (Wildman–Crippen LogP) is 4.85. The smallest absolute Gasteiger partial charge is 0.115 e. The van der Waals surface area contributed by atoms with Gasteiger partial charge in [-0.3, -0.25) is 0 Å². The van der Waals surface area contributed by atoms with Gasteiger partial charge in [-0.2, -0.15) is 0 Å². The molecule has 0 aliphatic carbocycles. The lowest BCUT2D eigenvalue weighted by Crippen LogP contribution is -2.24. The van der Waals surface area contributed by atoms with E-state index < -0.39 is 0 Å². The maximum atomic E-state index is 9.37. The summed E-state index contributed by atoms with van der Waals surface area (Å²) in [6.07, 6.45) is 0.982. The van der Waals surface area contributed by atoms with Crippen molar-refractivity contribution < 1.29 is 5.11 Å². The van der Waals surface area contributed by atoms with Crippen LogP contribution in [0.1, 0.15) is 43.5 Å². The van der Waals surface area contributed by atoms with Crippen LogP contribution < -0.4 is 5.32 Å². The highest BCUT2D eigenvalue weighted by atomic mass is 35.5. The summed E-state index contributed by atoms with van der Waals surface area (Å²) < 4.78 is 0. The minimum atomic E-state index is 0.215. The van der Waals surface area contributed by atoms with Crippen LogP contribution in [-0.4, -0.2) is 5.11 Å². The van der Waals surface area contributed by atoms with E-state index in [1.54, 1.807) is 12.1 Å². The summed E-state index contributed by atoms with van der Waals surface area (Å²) in [5.41, 5.74) is 2.36. The van der Waals surface area contributed by atoms with E-state index in [-0.39, 0.29) is 12.1 Å². The number of hydrogen-bond donors (Lipinski definition) is 2. The zero-order chi connectivity index (χ0) is 14.5. The molecule has 2 atom stereocenters. The van der Waals surface area contributed by atoms with E-state index in [2.05, 4.69) is 25.2 Å². The molecule has 0 aliphatic rings. The Bertz CT molecular complexity index is 553. The fourth-order valence-corrected chi connectivity index (χ4v) is 2.53. The highest BCUT2D eigenvalue weighted by molar-refractivity contribution is 6.30. The third-order valence-corrected chi connectivity index (χ3v) is 3.74. The quantitative estimate of drug-likeness (QED) is 0.825. The summed E-state index contributed by atoms with van der Waals surface area (Å²) >= 11 is 6.04. The molecule has 2 nitrogen and oxygen atoms in total. The standard InChI is InChI=1S/C17H20ClNO/c1-3-17(13-7-9-16(20)10-8-13)19-12(2)14-5-4-6-15(18)11-14/h4-12,17,19-20H,3H2,1-2H3. The van der Waals surface area contributed by atoms with Crippen LogP contribution in [0.4, 0.5) is 0 Å². The van der Waals surface area contributed by atoms with Gasteiger partial charge in [0.15, 0.2) is 0 Å². The van der Waals surface area contributed by atoms with Crippen molar-refractivity contribution in [2.75, 3.05) is 0 Å². The predicted molar refractivity (Wildman–Crippen MR) is 84.1 cm³/mol. The topological polar surface area (TPSA) is 32.3 Å². The number of hydrogen-bond acceptors (Lipinski definition) is 2. The maximum absolute atomic E-state index is 9.37. The Morgan fingerprint density at radius 3 is 2.40 bits per heavy atom. The zero-order valence-corrected chi connectivity index (χ0v) is 12.6. The second-order valence-electron chi connectivity index (χ2n) is 5.00. The molecule has 0 saturated heterocycles. The Hall–Kier alpha value is -1.51. The first-order chi connectivity index (χ1) is 9.60. The van der Waals surface area contributed by atoms with Crippen molar-refractivity contribution in [3.05, 3.63) is 64.7 Å². The SMILES string of the molecule is CCC(NC(C)c1cccc(Cl)c1)c1ccc(O)cc1. The number of aromatic hydroxyl groups is 1. The molecule has 0 amide bonds. The van der Waals surface area contributed by atoms with Crippen LogP contribution in [0.3, 0.4) is 0 Å². The van der Waals surface area contributed by atoms with Gasteiger partial charge in [0.25, 0.3) is 0 Å². The van der Waals surface area contributed by atoms with E-state index >= 15 is 0 Å². The molecule has 0 bridgehead atoms. The van der Waals surface area contributed by atoms with Crippen LogP contribution in [0, 0.1) is 0 Å². The highest BCUT2D eigenvalue weighted by Crippen LogP contribution is 2.24. The van der Waals surface area contributed by atoms with Crippen molar-refractivity contribution in [3.8, 4) is 5.75 Å². The van der Waals surface area contributed by atoms with E-state index in [9.17, 15) is 5.11 Å². The van der Waals surface area contributed by atoms with Gasteiger partial charge < -0.3 is 10.4 Å². The Morgan fingerprint density at radius 2 is 1.80 bits per heavy atom. The van der Waals surface area contributed by atoms with Crippen molar-refractivity contribution in [1.29, 1.82) is 0 Å². The first kappa shape index (κ1) is 14.9. The van der Waals surface area contributed by atoms with Crippen LogP contribution in [0.5, 0.6) is 5.75 Å². The van der Waals surface area contributed by atoms with E-state index in [0.717, 1.165) is 11.4 Å². The minimum absolute atomic E-state index is 0.215. The summed E-state index contributed by atoms with van der Waals surface area (Å²) in [7, 11) is 0. The number of benzene rings is 2. The van der Waals surface area contributed by atoms with Crippen molar-refractivity contribution in [3.63, 3.8) is 0 Å². The summed E-state index contributed by atoms with van der Waals surface area (Å²) in [6, 6.07) is 15.8. The van der Waals surface area contributed by atoms with Gasteiger partial charge in [-0.05, 0) is 48.7 Å². The monoisotopic (exact) mass is 289 g/mol. The molecule has 0 fully saturated rings. The lowest BCUT2D eigenvalue weighted by Gasteiger charge is -2.23. The van der Waals surface area contributed by atoms with E-state index in [0.29, 0.717) is 5.75 Å². The van der Waals surface area contributed by atoms with Gasteiger partial charge in [0, 0.05) is 17.1 Å². The molecular formula is C17H20ClNO. The number of rotatable bonds is 5. The molecule has 2 N–H and O–H groups in total. The van der Waals surface area contributed by atoms with Gasteiger partial charge >= 0.3 is 0 Å². The van der Waals surface area contributed by atoms with Crippen molar-refractivity contribution in [2.45, 2.75) is 32.4 Å². The number of halogens is 1. The summed E-state index contributed by atoms with van der Waals surface area (Å²) in [4.78, 5) is 0. The first-order valence-corrected chi connectivity index (χ1v) is 7.28. The molecule has 20 heavy (non-hydrogen) atoms. The first-order valence-electron chi connectivity index (χ1n) is 6.90. The molecule has 2 aromatic carbocycles. The molecule has 0 saturated carbocycles. The summed E-state index contributed by atoms with van der Waals surface area (Å²) in [5, 5.41) is 13.7. The Balaban J connectivity index is 2.11. The molecule has 0 aromatic heterocycles. The molecule has 0 heterocycles. The molecule has 3 heteroatoms. The molecule has 106 valence electrons. The normalized spacial score (nSPS) is 13.9. The van der Waals surface area contributed by atoms with Gasteiger partial charge in [-0.1, -0.05) is 42.8 Å². The van der Waals surface area contributed by atoms with Gasteiger partial charge in [-0.15, -0.1) is 0 Å². The molecule has 2 aromatic rings. The van der Waals surface area contributed by atoms with Gasteiger partial charge in [0.1, 0.15) is 5.75 Å². The average molecular weight is 290 g/mol. The highest BCUT2D eigenvalue weighted by Gasteiger charge is 2.14. The fraction of sp³-hybridized carbons (Fsp3) is 0.294. The minimum Gasteiger partial charge on any atom is -0.508 e. The van der Waals surface area contributed by atoms with Gasteiger partial charge in [-0.25, -0.2) is 0 Å². The third-order valence-electron chi connectivity index (χ3n) is 3.50. The van der Waals surface area contributed by atoms with Crippen LogP contribution in [0.2, 0.25) is 5.02 Å². The molecule has 2 unspecified atom stereocenters. The molecular weight excluding hydrogens is 270 g/mol. The maximum Gasteiger partial charge on any atom is 0.115 e. The van der Waals surface area contributed by atoms with E-state index in [4.69, 9.17) is 11.6 Å². The zero-order valence-electron chi connectivity index (χ0n) is 11.8. The van der Waals surface area contributed by atoms with Gasteiger partial charge in [0.2, 0.25) is 0 Å². The Labute approximate surface area is 125 Å². The summed E-state index contributed by atoms with van der Waals surface area (Å²) in [6.45, 7) is 4.28. The number of phenols is 1. The van der Waals surface area contributed by atoms with Crippen molar-refractivity contribution in [1.82, 2.24) is 5.32 Å². The second-order valence-corrected chi connectivity index (χ2v) is 5.43. The lowest BCUT2D eigenvalue weighted by molar-refractivity contribution is 0.453. The molecule has 0 aliphatic heterocycles. The van der Waals surface area contributed by atoms with E-state index in [1.807, 2.05) is 30.3 Å². The second kappa shape index (κ2) is 6.78. The molecule has 0 spiro atoms. The largest absolute Gasteiger partial charge is 0.508 e. The Morgan fingerprint density at radius 1 is 1.10 bits per heavy atom. The van der Waals surface area contributed by atoms with Crippen molar-refractivity contribution >= 4 is 11.6 Å². The number of phenolic OH excluding ortho intramolecular Hbond substituents is 1. The van der Waals surface area contributed by atoms with Crippen LogP contribution >= 0.6 is 11.6 Å². The third kappa shape index (κ3) is 3.75. The van der Waals surface area contributed by atoms with Gasteiger partial charge in [0.05, 0.1) is 0 Å². The van der Waals surface area contributed by atoms with Crippen LogP contribution in [0.25, 0.3) is 0 Å². The molecule has 0 radical (unpaired) electrons. The van der Waals surface area contributed by atoms with Crippen molar-refractivity contribution in [2.24, 2.45) is 0 Å². The summed E-state index contributed by atoms with van der Waals surface area (Å²) in [5.74, 6) is 0.298. The molecule has 2 rings (SSSR count).